The summed E-state index contributed by atoms with van der Waals surface area (Å²) in [5.41, 5.74) is 6.76. The Hall–Kier alpha value is -4.78. The third-order valence-corrected chi connectivity index (χ3v) is 8.15. The molecule has 6 aromatic carbocycles. The third-order valence-electron chi connectivity index (χ3n) is 7.51. The van der Waals surface area contributed by atoms with Crippen LogP contribution in [0.5, 0.6) is 5.75 Å². The van der Waals surface area contributed by atoms with Gasteiger partial charge < -0.3 is 18.8 Å². The van der Waals surface area contributed by atoms with Crippen molar-refractivity contribution in [3.05, 3.63) is 150 Å². The van der Waals surface area contributed by atoms with Crippen LogP contribution in [0, 0.1) is 0 Å². The molecule has 0 amide bonds. The number of benzene rings is 6. The molecule has 2 aromatic heterocycles. The Balaban J connectivity index is 0.000000138. The van der Waals surface area contributed by atoms with E-state index in [1.807, 2.05) is 48.5 Å². The summed E-state index contributed by atoms with van der Waals surface area (Å²) in [4.78, 5) is 0. The second-order valence-electron chi connectivity index (χ2n) is 9.89. The van der Waals surface area contributed by atoms with Crippen molar-refractivity contribution in [1.29, 1.82) is 0 Å². The Labute approximate surface area is 252 Å². The normalized spacial score (nSPS) is 11.1. The molecular formula is C36H25BBrN2O2. The number of aromatic nitrogens is 2. The van der Waals surface area contributed by atoms with Crippen molar-refractivity contribution in [3.63, 3.8) is 0 Å². The first-order chi connectivity index (χ1) is 20.8. The average molecular weight is 608 g/mol. The number of halogens is 1. The lowest BCUT2D eigenvalue weighted by molar-refractivity contribution is 0.456. The summed E-state index contributed by atoms with van der Waals surface area (Å²) < 4.78 is 10.9. The summed E-state index contributed by atoms with van der Waals surface area (Å²) in [6, 6.07) is 49.7. The molecular weight excluding hydrogens is 583 g/mol. The quantitative estimate of drug-likeness (QED) is 0.203. The molecule has 0 bridgehead atoms. The van der Waals surface area contributed by atoms with Gasteiger partial charge in [-0.2, -0.15) is 0 Å². The lowest BCUT2D eigenvalue weighted by atomic mass is 10.1. The minimum Gasteiger partial charge on any atom is -0.536 e. The number of para-hydroxylation sites is 6. The zero-order valence-electron chi connectivity index (χ0n) is 22.6. The Morgan fingerprint density at radius 3 is 1.50 bits per heavy atom. The van der Waals surface area contributed by atoms with Gasteiger partial charge in [-0.05, 0) is 64.5 Å². The van der Waals surface area contributed by atoms with E-state index in [0.717, 1.165) is 39.7 Å². The molecule has 0 aliphatic carbocycles. The fraction of sp³-hybridized carbons (Fsp3) is 0. The van der Waals surface area contributed by atoms with Crippen molar-refractivity contribution in [2.45, 2.75) is 0 Å². The predicted molar refractivity (Wildman–Crippen MR) is 178 cm³/mol. The second-order valence-corrected chi connectivity index (χ2v) is 10.7. The highest BCUT2D eigenvalue weighted by atomic mass is 79.9. The summed E-state index contributed by atoms with van der Waals surface area (Å²) >= 11 is 3.70. The zero-order valence-corrected chi connectivity index (χ0v) is 24.1. The fourth-order valence-electron chi connectivity index (χ4n) is 5.81. The van der Waals surface area contributed by atoms with Crippen molar-refractivity contribution in [3.8, 4) is 17.1 Å². The first-order valence-electron chi connectivity index (χ1n) is 13.7. The molecule has 8 rings (SSSR count). The van der Waals surface area contributed by atoms with E-state index in [-0.39, 0.29) is 0 Å². The molecule has 0 fully saturated rings. The summed E-state index contributed by atoms with van der Waals surface area (Å²) in [6.07, 6.45) is 0. The molecule has 6 heteroatoms. The van der Waals surface area contributed by atoms with Gasteiger partial charge in [0.25, 0.3) is 0 Å². The molecule has 0 saturated heterocycles. The Kier molecular flexibility index (Phi) is 7.00. The molecule has 201 valence electrons. The first-order valence-corrected chi connectivity index (χ1v) is 14.5. The topological polar surface area (TPSA) is 39.3 Å². The third kappa shape index (κ3) is 4.46. The van der Waals surface area contributed by atoms with Crippen LogP contribution in [0.1, 0.15) is 0 Å². The van der Waals surface area contributed by atoms with Crippen molar-refractivity contribution < 1.29 is 9.68 Å². The van der Waals surface area contributed by atoms with Gasteiger partial charge in [0.1, 0.15) is 5.75 Å². The minimum atomic E-state index is 0.625. The van der Waals surface area contributed by atoms with Crippen molar-refractivity contribution in [1.82, 2.24) is 9.13 Å². The maximum Gasteiger partial charge on any atom is 0.569 e. The molecule has 1 radical (unpaired) electrons. The van der Waals surface area contributed by atoms with Crippen LogP contribution in [0.4, 0.5) is 0 Å². The van der Waals surface area contributed by atoms with Crippen LogP contribution in [0.2, 0.25) is 0 Å². The molecule has 1 N–H and O–H groups in total. The van der Waals surface area contributed by atoms with E-state index < -0.39 is 0 Å². The van der Waals surface area contributed by atoms with Crippen molar-refractivity contribution in [2.75, 3.05) is 0 Å². The van der Waals surface area contributed by atoms with E-state index in [1.165, 1.54) is 27.5 Å². The van der Waals surface area contributed by atoms with Gasteiger partial charge in [0.15, 0.2) is 0 Å². The average Bonchev–Trinajstić information content (AvgIpc) is 3.57. The molecule has 0 spiro atoms. The van der Waals surface area contributed by atoms with Gasteiger partial charge in [0, 0.05) is 37.4 Å². The van der Waals surface area contributed by atoms with Crippen LogP contribution in [0.3, 0.4) is 0 Å². The van der Waals surface area contributed by atoms with Crippen LogP contribution in [0.25, 0.3) is 55.0 Å². The molecule has 8 aromatic rings. The standard InChI is InChI=1S/C18H13BNO2.C18H12BrN/c21-19-22-17-12-6-10-15-14-9-4-5-11-16(14)20(18(15)17)13-7-2-1-3-8-13;19-16-11-6-10-15-14-9-4-5-12-17(14)20(18(15)16)13-7-2-1-3-8-13/h1-12,21H;1-12H. The lowest BCUT2D eigenvalue weighted by Crippen LogP contribution is -2.02. The number of nitrogens with zero attached hydrogens (tertiary/aromatic N) is 2. The van der Waals surface area contributed by atoms with Gasteiger partial charge in [-0.15, -0.1) is 0 Å². The van der Waals surface area contributed by atoms with E-state index in [0.29, 0.717) is 5.75 Å². The van der Waals surface area contributed by atoms with E-state index in [2.05, 4.69) is 122 Å². The summed E-state index contributed by atoms with van der Waals surface area (Å²) in [5, 5.41) is 13.9. The number of hydrogen-bond acceptors (Lipinski definition) is 2. The smallest absolute Gasteiger partial charge is 0.536 e. The molecule has 0 atom stereocenters. The van der Waals surface area contributed by atoms with E-state index in [1.54, 1.807) is 0 Å². The summed E-state index contributed by atoms with van der Waals surface area (Å²) in [5.74, 6) is 0.625. The van der Waals surface area contributed by atoms with Crippen LogP contribution < -0.4 is 4.65 Å². The maximum atomic E-state index is 9.06. The van der Waals surface area contributed by atoms with Crippen LogP contribution in [-0.2, 0) is 0 Å². The molecule has 0 unspecified atom stereocenters. The van der Waals surface area contributed by atoms with Crippen LogP contribution >= 0.6 is 15.9 Å². The van der Waals surface area contributed by atoms with Crippen molar-refractivity contribution >= 4 is 67.2 Å². The van der Waals surface area contributed by atoms with Gasteiger partial charge in [-0.3, -0.25) is 0 Å². The highest BCUT2D eigenvalue weighted by molar-refractivity contribution is 9.10. The lowest BCUT2D eigenvalue weighted by Gasteiger charge is -2.10. The molecule has 42 heavy (non-hydrogen) atoms. The number of hydrogen-bond donors (Lipinski definition) is 1. The monoisotopic (exact) mass is 607 g/mol. The Morgan fingerprint density at radius 1 is 0.476 bits per heavy atom. The predicted octanol–water partition coefficient (Wildman–Crippen LogP) is 9.24. The molecule has 2 heterocycles. The van der Waals surface area contributed by atoms with E-state index in [4.69, 9.17) is 9.68 Å². The fourth-order valence-corrected chi connectivity index (χ4v) is 6.35. The van der Waals surface area contributed by atoms with E-state index in [9.17, 15) is 0 Å². The van der Waals surface area contributed by atoms with Gasteiger partial charge in [0.2, 0.25) is 0 Å². The summed E-state index contributed by atoms with van der Waals surface area (Å²) in [6.45, 7) is 0. The van der Waals surface area contributed by atoms with Crippen LogP contribution in [0.15, 0.2) is 150 Å². The molecule has 0 aliphatic rings. The Morgan fingerprint density at radius 2 is 0.929 bits per heavy atom. The van der Waals surface area contributed by atoms with Gasteiger partial charge >= 0.3 is 7.69 Å². The number of rotatable bonds is 4. The van der Waals surface area contributed by atoms with Crippen LogP contribution in [-0.4, -0.2) is 21.8 Å². The minimum absolute atomic E-state index is 0.625. The first kappa shape index (κ1) is 26.1. The zero-order chi connectivity index (χ0) is 28.5. The SMILES string of the molecule is Brc1cccc2c3ccccc3n(-c3ccccc3)c12.O[B]Oc1cccc2c3ccccc3n(-c3ccccc3)c12. The van der Waals surface area contributed by atoms with Gasteiger partial charge in [-0.25, -0.2) is 0 Å². The molecule has 0 saturated carbocycles. The largest absolute Gasteiger partial charge is 0.569 e. The number of fused-ring (bicyclic) bond motifs is 6. The van der Waals surface area contributed by atoms with Crippen molar-refractivity contribution in [2.24, 2.45) is 0 Å². The second kappa shape index (κ2) is 11.2. The maximum absolute atomic E-state index is 9.06. The van der Waals surface area contributed by atoms with E-state index >= 15 is 0 Å². The van der Waals surface area contributed by atoms with Gasteiger partial charge in [0.05, 0.1) is 22.1 Å². The Bertz CT molecular complexity index is 2170. The molecule has 4 nitrogen and oxygen atoms in total. The molecule has 0 aliphatic heterocycles. The highest BCUT2D eigenvalue weighted by Gasteiger charge is 2.16. The summed E-state index contributed by atoms with van der Waals surface area (Å²) in [7, 11) is 0.724. The highest BCUT2D eigenvalue weighted by Crippen LogP contribution is 2.37. The van der Waals surface area contributed by atoms with Gasteiger partial charge in [-0.1, -0.05) is 97.1 Å².